The van der Waals surface area contributed by atoms with E-state index in [-0.39, 0.29) is 24.1 Å². The molecule has 3 heterocycles. The van der Waals surface area contributed by atoms with Gasteiger partial charge in [0.05, 0.1) is 11.9 Å². The summed E-state index contributed by atoms with van der Waals surface area (Å²) in [6, 6.07) is 10.4. The summed E-state index contributed by atoms with van der Waals surface area (Å²) in [5.41, 5.74) is 1.35. The first kappa shape index (κ1) is 19.4. The molecule has 0 aliphatic carbocycles. The SMILES string of the molecule is Cc1ccc(=O)n(CC(=O)N2CCC[C@H]2c2ncc(Cc3ccccc3Cl)o2)n1. The van der Waals surface area contributed by atoms with Gasteiger partial charge in [-0.15, -0.1) is 0 Å². The molecule has 0 unspecified atom stereocenters. The van der Waals surface area contributed by atoms with E-state index >= 15 is 0 Å². The van der Waals surface area contributed by atoms with Gasteiger partial charge in [-0.25, -0.2) is 9.67 Å². The Balaban J connectivity index is 1.49. The molecule has 3 aromatic rings. The molecule has 0 saturated carbocycles. The molecule has 0 bridgehead atoms. The van der Waals surface area contributed by atoms with Gasteiger partial charge in [-0.05, 0) is 37.5 Å². The van der Waals surface area contributed by atoms with Crippen LogP contribution >= 0.6 is 11.6 Å². The number of aryl methyl sites for hydroxylation is 1. The van der Waals surface area contributed by atoms with E-state index in [0.29, 0.717) is 35.3 Å². The molecule has 29 heavy (non-hydrogen) atoms. The van der Waals surface area contributed by atoms with Gasteiger partial charge in [-0.3, -0.25) is 9.59 Å². The van der Waals surface area contributed by atoms with E-state index in [2.05, 4.69) is 10.1 Å². The molecular formula is C21H21ClN4O3. The number of oxazole rings is 1. The highest BCUT2D eigenvalue weighted by molar-refractivity contribution is 6.31. The molecule has 0 radical (unpaired) electrons. The first-order valence-electron chi connectivity index (χ1n) is 9.53. The number of hydrogen-bond acceptors (Lipinski definition) is 5. The maximum Gasteiger partial charge on any atom is 0.267 e. The molecule has 0 N–H and O–H groups in total. The van der Waals surface area contributed by atoms with Crippen molar-refractivity contribution in [3.05, 3.63) is 80.9 Å². The van der Waals surface area contributed by atoms with Crippen molar-refractivity contribution in [1.29, 1.82) is 0 Å². The fourth-order valence-corrected chi connectivity index (χ4v) is 3.80. The number of nitrogens with zero attached hydrogens (tertiary/aromatic N) is 4. The number of likely N-dealkylation sites (tertiary alicyclic amines) is 1. The van der Waals surface area contributed by atoms with Crippen molar-refractivity contribution in [2.75, 3.05) is 6.54 Å². The summed E-state index contributed by atoms with van der Waals surface area (Å²) in [5.74, 6) is 1.05. The molecule has 1 fully saturated rings. The fraction of sp³-hybridized carbons (Fsp3) is 0.333. The summed E-state index contributed by atoms with van der Waals surface area (Å²) in [7, 11) is 0. The third-order valence-corrected chi connectivity index (χ3v) is 5.41. The Morgan fingerprint density at radius 2 is 2.10 bits per heavy atom. The monoisotopic (exact) mass is 412 g/mol. The average molecular weight is 413 g/mol. The second kappa shape index (κ2) is 8.21. The van der Waals surface area contributed by atoms with Crippen molar-refractivity contribution >= 4 is 17.5 Å². The Labute approximate surface area is 172 Å². The van der Waals surface area contributed by atoms with Crippen LogP contribution in [0.3, 0.4) is 0 Å². The van der Waals surface area contributed by atoms with Crippen LogP contribution in [0.15, 0.2) is 51.8 Å². The molecular weight excluding hydrogens is 392 g/mol. The molecule has 7 nitrogen and oxygen atoms in total. The van der Waals surface area contributed by atoms with Gasteiger partial charge in [-0.1, -0.05) is 29.8 Å². The smallest absolute Gasteiger partial charge is 0.267 e. The standard InChI is InChI=1S/C21H21ClN4O3/c1-14-8-9-19(27)26(24-14)13-20(28)25-10-4-7-18(25)21-23-12-16(29-21)11-15-5-2-3-6-17(15)22/h2-3,5-6,8-9,12,18H,4,7,10-11,13H2,1H3/t18-/m0/s1. The van der Waals surface area contributed by atoms with E-state index in [1.54, 1.807) is 24.1 Å². The van der Waals surface area contributed by atoms with Crippen molar-refractivity contribution in [3.63, 3.8) is 0 Å². The topological polar surface area (TPSA) is 81.2 Å². The number of hydrogen-bond donors (Lipinski definition) is 0. The maximum absolute atomic E-state index is 12.8. The third kappa shape index (κ3) is 4.24. The summed E-state index contributed by atoms with van der Waals surface area (Å²) in [4.78, 5) is 30.9. The van der Waals surface area contributed by atoms with E-state index in [9.17, 15) is 9.59 Å². The second-order valence-electron chi connectivity index (χ2n) is 7.15. The largest absolute Gasteiger partial charge is 0.443 e. The van der Waals surface area contributed by atoms with Crippen LogP contribution in [-0.4, -0.2) is 32.1 Å². The van der Waals surface area contributed by atoms with E-state index in [1.165, 1.54) is 10.7 Å². The highest BCUT2D eigenvalue weighted by atomic mass is 35.5. The quantitative estimate of drug-likeness (QED) is 0.643. The molecule has 1 aromatic carbocycles. The van der Waals surface area contributed by atoms with Gasteiger partial charge in [0, 0.05) is 24.1 Å². The molecule has 1 aliphatic heterocycles. The number of rotatable bonds is 5. The lowest BCUT2D eigenvalue weighted by Gasteiger charge is -2.22. The van der Waals surface area contributed by atoms with Gasteiger partial charge in [0.1, 0.15) is 18.3 Å². The number of aromatic nitrogens is 3. The predicted molar refractivity (Wildman–Crippen MR) is 108 cm³/mol. The van der Waals surface area contributed by atoms with Crippen LogP contribution in [0.1, 0.15) is 41.8 Å². The van der Waals surface area contributed by atoms with E-state index < -0.39 is 0 Å². The predicted octanol–water partition coefficient (Wildman–Crippen LogP) is 3.15. The normalized spacial score (nSPS) is 16.3. The van der Waals surface area contributed by atoms with Gasteiger partial charge < -0.3 is 9.32 Å². The molecule has 1 saturated heterocycles. The van der Waals surface area contributed by atoms with Gasteiger partial charge in [0.15, 0.2) is 0 Å². The minimum atomic E-state index is -0.294. The average Bonchev–Trinajstić information content (AvgIpc) is 3.36. The van der Waals surface area contributed by atoms with Gasteiger partial charge in [-0.2, -0.15) is 5.10 Å². The highest BCUT2D eigenvalue weighted by Crippen LogP contribution is 2.32. The molecule has 0 spiro atoms. The van der Waals surface area contributed by atoms with Crippen LogP contribution in [-0.2, 0) is 17.8 Å². The van der Waals surface area contributed by atoms with Crippen LogP contribution in [0.5, 0.6) is 0 Å². The lowest BCUT2D eigenvalue weighted by molar-refractivity contribution is -0.133. The Bertz CT molecular complexity index is 1090. The van der Waals surface area contributed by atoms with Crippen molar-refractivity contribution in [3.8, 4) is 0 Å². The minimum absolute atomic E-state index is 0.0931. The summed E-state index contributed by atoms with van der Waals surface area (Å²) < 4.78 is 7.15. The molecule has 150 valence electrons. The maximum atomic E-state index is 12.8. The Morgan fingerprint density at radius 1 is 1.28 bits per heavy atom. The highest BCUT2D eigenvalue weighted by Gasteiger charge is 2.33. The van der Waals surface area contributed by atoms with Crippen LogP contribution in [0.2, 0.25) is 5.02 Å². The zero-order chi connectivity index (χ0) is 20.4. The molecule has 1 amide bonds. The number of carbonyl (C=O) groups excluding carboxylic acids is 1. The fourth-order valence-electron chi connectivity index (χ4n) is 3.59. The zero-order valence-electron chi connectivity index (χ0n) is 16.0. The molecule has 8 heteroatoms. The second-order valence-corrected chi connectivity index (χ2v) is 7.56. The van der Waals surface area contributed by atoms with Gasteiger partial charge >= 0.3 is 0 Å². The minimum Gasteiger partial charge on any atom is -0.443 e. The summed E-state index contributed by atoms with van der Waals surface area (Å²) in [5, 5.41) is 4.83. The van der Waals surface area contributed by atoms with Crippen LogP contribution in [0.25, 0.3) is 0 Å². The van der Waals surface area contributed by atoms with Gasteiger partial charge in [0.2, 0.25) is 11.8 Å². The number of carbonyl (C=O) groups is 1. The third-order valence-electron chi connectivity index (χ3n) is 5.04. The summed E-state index contributed by atoms with van der Waals surface area (Å²) in [6.07, 6.45) is 3.85. The van der Waals surface area contributed by atoms with Crippen LogP contribution in [0.4, 0.5) is 0 Å². The lowest BCUT2D eigenvalue weighted by atomic mass is 10.1. The van der Waals surface area contributed by atoms with Crippen molar-refractivity contribution in [2.45, 2.75) is 38.8 Å². The molecule has 2 aromatic heterocycles. The Hall–Kier alpha value is -2.93. The molecule has 4 rings (SSSR count). The first-order chi connectivity index (χ1) is 14.0. The number of amides is 1. The summed E-state index contributed by atoms with van der Waals surface area (Å²) >= 11 is 6.22. The summed E-state index contributed by atoms with van der Waals surface area (Å²) in [6.45, 7) is 2.29. The van der Waals surface area contributed by atoms with Crippen molar-refractivity contribution < 1.29 is 9.21 Å². The number of benzene rings is 1. The molecule has 1 atom stereocenters. The Kier molecular flexibility index (Phi) is 5.49. The van der Waals surface area contributed by atoms with E-state index in [1.807, 2.05) is 24.3 Å². The molecule has 1 aliphatic rings. The van der Waals surface area contributed by atoms with Crippen molar-refractivity contribution in [2.24, 2.45) is 0 Å². The number of halogens is 1. The van der Waals surface area contributed by atoms with Crippen LogP contribution < -0.4 is 5.56 Å². The van der Waals surface area contributed by atoms with Gasteiger partial charge in [0.25, 0.3) is 5.56 Å². The Morgan fingerprint density at radius 3 is 2.93 bits per heavy atom. The zero-order valence-corrected chi connectivity index (χ0v) is 16.8. The first-order valence-corrected chi connectivity index (χ1v) is 9.91. The van der Waals surface area contributed by atoms with Crippen LogP contribution in [0, 0.1) is 6.92 Å². The van der Waals surface area contributed by atoms with E-state index in [4.69, 9.17) is 16.0 Å². The lowest BCUT2D eigenvalue weighted by Crippen LogP contribution is -2.37. The van der Waals surface area contributed by atoms with Crippen molar-refractivity contribution in [1.82, 2.24) is 19.7 Å². The van der Waals surface area contributed by atoms with E-state index in [0.717, 1.165) is 18.4 Å².